The Morgan fingerprint density at radius 3 is 2.29 bits per heavy atom. The Labute approximate surface area is 210 Å². The van der Waals surface area contributed by atoms with Crippen LogP contribution < -0.4 is 5.32 Å². The molecule has 0 heterocycles. The van der Waals surface area contributed by atoms with Gasteiger partial charge in [0.15, 0.2) is 0 Å². The lowest BCUT2D eigenvalue weighted by molar-refractivity contribution is -0.151. The summed E-state index contributed by atoms with van der Waals surface area (Å²) in [5.74, 6) is -1.22. The summed E-state index contributed by atoms with van der Waals surface area (Å²) in [5, 5.41) is 13.0. The fraction of sp³-hybridized carbons (Fsp3) is 0.679. The van der Waals surface area contributed by atoms with Gasteiger partial charge in [0.2, 0.25) is 11.8 Å². The number of fused-ring (bicyclic) bond motifs is 1. The molecule has 4 atom stereocenters. The maximum atomic E-state index is 13.8. The molecule has 0 saturated heterocycles. The number of carbonyl (C=O) groups excluding carboxylic acids is 2. The molecule has 1 saturated carbocycles. The number of carboxylic acid groups (broad SMARTS) is 1. The summed E-state index contributed by atoms with van der Waals surface area (Å²) < 4.78 is 0. The third-order valence-electron chi connectivity index (χ3n) is 7.87. The minimum atomic E-state index is -1.00. The molecule has 7 heteroatoms. The molecule has 35 heavy (non-hydrogen) atoms. The van der Waals surface area contributed by atoms with E-state index in [1.165, 1.54) is 16.0 Å². The van der Waals surface area contributed by atoms with Crippen molar-refractivity contribution in [3.8, 4) is 0 Å². The van der Waals surface area contributed by atoms with Crippen LogP contribution in [-0.2, 0) is 20.8 Å². The number of aryl methyl sites for hydroxylation is 1. The van der Waals surface area contributed by atoms with E-state index in [1.54, 1.807) is 7.05 Å². The lowest BCUT2D eigenvalue weighted by Crippen LogP contribution is -2.58. The molecule has 1 fully saturated rings. The van der Waals surface area contributed by atoms with E-state index in [2.05, 4.69) is 17.4 Å². The second-order valence-electron chi connectivity index (χ2n) is 11.1. The molecule has 0 aromatic heterocycles. The van der Waals surface area contributed by atoms with E-state index in [9.17, 15) is 19.5 Å². The number of hydrogen-bond acceptors (Lipinski definition) is 4. The van der Waals surface area contributed by atoms with E-state index in [4.69, 9.17) is 0 Å². The number of benzene rings is 1. The summed E-state index contributed by atoms with van der Waals surface area (Å²) in [4.78, 5) is 42.9. The van der Waals surface area contributed by atoms with Gasteiger partial charge in [-0.1, -0.05) is 57.4 Å². The van der Waals surface area contributed by atoms with Gasteiger partial charge >= 0.3 is 5.97 Å². The zero-order valence-electron chi connectivity index (χ0n) is 22.0. The average Bonchev–Trinajstić information content (AvgIpc) is 3.24. The Hall–Kier alpha value is -2.41. The van der Waals surface area contributed by atoms with Crippen LogP contribution in [0.5, 0.6) is 0 Å². The summed E-state index contributed by atoms with van der Waals surface area (Å²) in [6.07, 6.45) is 7.13. The number of aliphatic carboxylic acids is 1. The lowest BCUT2D eigenvalue weighted by atomic mass is 9.82. The highest BCUT2D eigenvalue weighted by Gasteiger charge is 2.41. The summed E-state index contributed by atoms with van der Waals surface area (Å²) >= 11 is 0. The Balaban J connectivity index is 1.86. The second-order valence-corrected chi connectivity index (χ2v) is 11.1. The summed E-state index contributed by atoms with van der Waals surface area (Å²) in [7, 11) is 5.40. The monoisotopic (exact) mass is 485 g/mol. The molecular formula is C28H43N3O4. The number of likely N-dealkylation sites (N-methyl/N-ethyl adjacent to an activating group) is 2. The minimum absolute atomic E-state index is 0.0230. The van der Waals surface area contributed by atoms with E-state index in [-0.39, 0.29) is 29.6 Å². The van der Waals surface area contributed by atoms with Crippen molar-refractivity contribution in [3.05, 3.63) is 35.4 Å². The molecule has 3 rings (SSSR count). The first-order valence-corrected chi connectivity index (χ1v) is 13.2. The highest BCUT2D eigenvalue weighted by atomic mass is 16.4. The average molecular weight is 486 g/mol. The zero-order chi connectivity index (χ0) is 25.7. The van der Waals surface area contributed by atoms with Gasteiger partial charge in [0.05, 0.1) is 6.04 Å². The molecule has 0 spiro atoms. The molecule has 7 nitrogen and oxygen atoms in total. The molecule has 2 aliphatic carbocycles. The molecule has 1 aromatic carbocycles. The van der Waals surface area contributed by atoms with Crippen molar-refractivity contribution in [2.75, 3.05) is 21.1 Å². The quantitative estimate of drug-likeness (QED) is 0.528. The number of nitrogens with zero attached hydrogens (tertiary/aromatic N) is 2. The third-order valence-corrected chi connectivity index (χ3v) is 7.87. The second kappa shape index (κ2) is 12.0. The van der Waals surface area contributed by atoms with Crippen LogP contribution in [-0.4, -0.2) is 72.0 Å². The fourth-order valence-electron chi connectivity index (χ4n) is 6.03. The molecule has 2 amide bonds. The Morgan fingerprint density at radius 2 is 1.69 bits per heavy atom. The van der Waals surface area contributed by atoms with Crippen LogP contribution in [0, 0.1) is 11.8 Å². The van der Waals surface area contributed by atoms with Crippen LogP contribution in [0.4, 0.5) is 0 Å². The van der Waals surface area contributed by atoms with E-state index < -0.39 is 24.1 Å². The Bertz CT molecular complexity index is 894. The summed E-state index contributed by atoms with van der Waals surface area (Å²) in [6.45, 7) is 3.91. The van der Waals surface area contributed by atoms with Crippen LogP contribution in [0.1, 0.15) is 75.8 Å². The molecule has 1 aromatic rings. The largest absolute Gasteiger partial charge is 0.480 e. The molecule has 1 unspecified atom stereocenters. The Morgan fingerprint density at radius 1 is 1.03 bits per heavy atom. The number of carboxylic acids is 1. The molecule has 0 aliphatic heterocycles. The Kier molecular flexibility index (Phi) is 9.34. The van der Waals surface area contributed by atoms with Crippen molar-refractivity contribution in [1.82, 2.24) is 15.1 Å². The first-order chi connectivity index (χ1) is 16.6. The van der Waals surface area contributed by atoms with Gasteiger partial charge in [0.25, 0.3) is 0 Å². The van der Waals surface area contributed by atoms with Crippen LogP contribution in [0.3, 0.4) is 0 Å². The predicted molar refractivity (Wildman–Crippen MR) is 137 cm³/mol. The van der Waals surface area contributed by atoms with Crippen molar-refractivity contribution < 1.29 is 19.5 Å². The highest BCUT2D eigenvalue weighted by Crippen LogP contribution is 2.37. The van der Waals surface area contributed by atoms with Gasteiger partial charge in [-0.25, -0.2) is 4.79 Å². The topological polar surface area (TPSA) is 90.0 Å². The van der Waals surface area contributed by atoms with Gasteiger partial charge in [0.1, 0.15) is 12.1 Å². The number of amides is 2. The van der Waals surface area contributed by atoms with Gasteiger partial charge in [0, 0.05) is 13.0 Å². The van der Waals surface area contributed by atoms with Gasteiger partial charge < -0.3 is 15.3 Å². The first kappa shape index (κ1) is 27.2. The van der Waals surface area contributed by atoms with Crippen LogP contribution in [0.15, 0.2) is 24.3 Å². The molecule has 0 bridgehead atoms. The van der Waals surface area contributed by atoms with Gasteiger partial charge in [-0.15, -0.1) is 0 Å². The van der Waals surface area contributed by atoms with E-state index in [0.29, 0.717) is 6.42 Å². The van der Waals surface area contributed by atoms with Gasteiger partial charge in [-0.3, -0.25) is 14.5 Å². The number of hydrogen-bond donors (Lipinski definition) is 2. The first-order valence-electron chi connectivity index (χ1n) is 13.2. The van der Waals surface area contributed by atoms with Gasteiger partial charge in [-0.2, -0.15) is 0 Å². The maximum absolute atomic E-state index is 13.8. The maximum Gasteiger partial charge on any atom is 0.326 e. The minimum Gasteiger partial charge on any atom is -0.480 e. The van der Waals surface area contributed by atoms with Crippen LogP contribution >= 0.6 is 0 Å². The van der Waals surface area contributed by atoms with Crippen LogP contribution in [0.25, 0.3) is 0 Å². The fourth-order valence-corrected chi connectivity index (χ4v) is 6.03. The number of nitrogens with one attached hydrogen (secondary N) is 1. The van der Waals surface area contributed by atoms with E-state index in [1.807, 2.05) is 45.0 Å². The molecule has 0 radical (unpaired) electrons. The van der Waals surface area contributed by atoms with Crippen molar-refractivity contribution in [2.24, 2.45) is 11.8 Å². The molecule has 2 N–H and O–H groups in total. The third kappa shape index (κ3) is 6.43. The molecule has 2 aliphatic rings. The van der Waals surface area contributed by atoms with Gasteiger partial charge in [-0.05, 0) is 69.2 Å². The normalized spacial score (nSPS) is 20.8. The lowest BCUT2D eigenvalue weighted by Gasteiger charge is -2.37. The van der Waals surface area contributed by atoms with Crippen molar-refractivity contribution in [2.45, 2.75) is 89.3 Å². The molecule has 194 valence electrons. The standard InChI is InChI=1S/C28H43N3O4/c1-18(2)17-23(28(34)35)31(5)27(33)24(20-12-7-6-8-13-20)29-26(32)25(30(3)4)22-16-15-19-11-9-10-14-21(19)22/h9-11,14,18,20,22-25H,6-8,12-13,15-17H2,1-5H3,(H,29,32)(H,34,35)/t22?,23-,24-,25-/m1/s1. The van der Waals surface area contributed by atoms with Crippen molar-refractivity contribution in [3.63, 3.8) is 0 Å². The summed E-state index contributed by atoms with van der Waals surface area (Å²) in [5.41, 5.74) is 2.50. The highest BCUT2D eigenvalue weighted by molar-refractivity contribution is 5.92. The van der Waals surface area contributed by atoms with Crippen LogP contribution in [0.2, 0.25) is 0 Å². The van der Waals surface area contributed by atoms with Crippen molar-refractivity contribution in [1.29, 1.82) is 0 Å². The smallest absolute Gasteiger partial charge is 0.326 e. The predicted octanol–water partition coefficient (Wildman–Crippen LogP) is 3.67. The van der Waals surface area contributed by atoms with E-state index in [0.717, 1.165) is 44.9 Å². The molecular weight excluding hydrogens is 442 g/mol. The SMILES string of the molecule is CC(C)C[C@H](C(=O)O)N(C)C(=O)[C@H](NC(=O)[C@@H](C1CCc2ccccc21)N(C)C)C1CCCCC1. The number of rotatable bonds is 10. The van der Waals surface area contributed by atoms with Crippen molar-refractivity contribution >= 4 is 17.8 Å². The van der Waals surface area contributed by atoms with E-state index >= 15 is 0 Å². The zero-order valence-corrected chi connectivity index (χ0v) is 22.0. The number of carbonyl (C=O) groups is 3. The summed E-state index contributed by atoms with van der Waals surface area (Å²) in [6, 6.07) is 6.29.